The summed E-state index contributed by atoms with van der Waals surface area (Å²) in [6.07, 6.45) is 28.3. The zero-order valence-electron chi connectivity index (χ0n) is 70.8. The van der Waals surface area contributed by atoms with Crippen LogP contribution in [-0.2, 0) is 23.7 Å². The van der Waals surface area contributed by atoms with Gasteiger partial charge in [0.05, 0.1) is 28.3 Å². The van der Waals surface area contributed by atoms with Crippen molar-refractivity contribution >= 4 is 95.1 Å². The summed E-state index contributed by atoms with van der Waals surface area (Å²) >= 11 is 1.83. The Hall–Kier alpha value is -4.55. The van der Waals surface area contributed by atoms with Gasteiger partial charge in [-0.2, -0.15) is 19.2 Å². The van der Waals surface area contributed by atoms with Crippen molar-refractivity contribution in [3.8, 4) is 45.9 Å². The molecule has 0 aromatic carbocycles. The fourth-order valence-electron chi connectivity index (χ4n) is 16.1. The average Bonchev–Trinajstić information content (AvgIpc) is 1.53. The third-order valence-electron chi connectivity index (χ3n) is 22.5. The van der Waals surface area contributed by atoms with E-state index in [-0.39, 0.29) is 13.2 Å². The van der Waals surface area contributed by atoms with Crippen LogP contribution in [-0.4, -0.2) is 173 Å². The zero-order valence-corrected chi connectivity index (χ0v) is 79.3. The molecule has 6 atom stereocenters. The minimum atomic E-state index is -2.24. The first-order valence-electron chi connectivity index (χ1n) is 41.8. The van der Waals surface area contributed by atoms with Gasteiger partial charge in [0.25, 0.3) is 0 Å². The summed E-state index contributed by atoms with van der Waals surface area (Å²) in [6.45, 7) is 53.5. The van der Waals surface area contributed by atoms with Gasteiger partial charge in [-0.15, -0.1) is 0 Å². The maximum atomic E-state index is 9.11. The van der Waals surface area contributed by atoms with E-state index >= 15 is 0 Å². The van der Waals surface area contributed by atoms with Gasteiger partial charge < -0.3 is 39.0 Å². The van der Waals surface area contributed by atoms with E-state index in [1.54, 1.807) is 0 Å². The SMILES string of the molecule is C=C(C)c1c(C2C[C@H]3CC[C@@H](C2)C3)nc2c(-c3ccc(C#CCO)nc3)cnn2c1N(COCC[Si](C)(C)C)COCC[Si](C)(C)C.C=[C](OCC)[Sn]([CH2]CCC)([CH2]CCC)[CH2]CCC.C[Si](C)(C)CCOCN(COCC[Si](C)(C)C)c1c(Br)c(C2C[C@H]3CC[C@@H](C2)C3)nc2c(-c3ccc(C#CCO)nc3)cnn12. The number of hydrogen-bond acceptors (Lipinski definition) is 15. The van der Waals surface area contributed by atoms with Crippen LogP contribution in [0.3, 0.4) is 0 Å². The van der Waals surface area contributed by atoms with Crippen LogP contribution < -0.4 is 9.80 Å². The molecular weight excluding hydrogens is 1610 g/mol. The van der Waals surface area contributed by atoms with Crippen LogP contribution in [0.25, 0.3) is 39.1 Å². The molecule has 4 aliphatic carbocycles. The monoisotopic (exact) mass is 1750 g/mol. The Kier molecular flexibility index (Phi) is 35.9. The van der Waals surface area contributed by atoms with Gasteiger partial charge >= 0.3 is 120 Å². The Morgan fingerprint density at radius 2 is 0.891 bits per heavy atom. The summed E-state index contributed by atoms with van der Waals surface area (Å²) in [4.78, 5) is 24.3. The van der Waals surface area contributed by atoms with Crippen molar-refractivity contribution in [3.05, 3.63) is 98.8 Å². The topological polar surface area (TPSA) is 179 Å². The van der Waals surface area contributed by atoms with E-state index in [1.165, 1.54) is 120 Å². The van der Waals surface area contributed by atoms with Crippen LogP contribution in [0.5, 0.6) is 0 Å². The maximum Gasteiger partial charge on any atom is 0.165 e. The summed E-state index contributed by atoms with van der Waals surface area (Å²) in [5.41, 5.74) is 10.9. The number of ether oxygens (including phenoxy) is 5. The van der Waals surface area contributed by atoms with Gasteiger partial charge in [0.15, 0.2) is 17.1 Å². The molecule has 606 valence electrons. The molecule has 0 aliphatic heterocycles. The summed E-state index contributed by atoms with van der Waals surface area (Å²) in [6, 6.07) is 12.2. The van der Waals surface area contributed by atoms with E-state index in [4.69, 9.17) is 54.1 Å². The molecule has 6 heterocycles. The number of pyridine rings is 2. The molecule has 6 aromatic heterocycles. The van der Waals surface area contributed by atoms with E-state index in [2.05, 4.69) is 186 Å². The predicted octanol–water partition coefficient (Wildman–Crippen LogP) is 21.4. The molecule has 2 unspecified atom stereocenters. The summed E-state index contributed by atoms with van der Waals surface area (Å²) < 4.78 is 42.1. The van der Waals surface area contributed by atoms with E-state index in [0.717, 1.165) is 153 Å². The normalized spacial score (nSPS) is 18.4. The van der Waals surface area contributed by atoms with Gasteiger partial charge in [-0.05, 0) is 151 Å². The molecule has 0 amide bonds. The first-order valence-corrected chi connectivity index (χ1v) is 64.9. The van der Waals surface area contributed by atoms with Crippen molar-refractivity contribution in [2.45, 2.75) is 265 Å². The predicted molar refractivity (Wildman–Crippen MR) is 475 cm³/mol. The fourth-order valence-corrected chi connectivity index (χ4v) is 34.6. The summed E-state index contributed by atoms with van der Waals surface area (Å²) in [5, 5.41) is 28.1. The standard InChI is InChI=1S/C37H55N5O3Si2.C34H50BrN5O3Si2.C4H7O.3C4H9.Sn/c1-27(2)34-35(31-21-28-11-12-29(20-28)22-31)40-36-33(30-13-14-32(38-23-30)10-9-15-43)24-39-42(36)37(34)41(25-44-16-18-46(3,4)5)26-45-17-19-47(6,7)8;1-44(2,3)16-14-42-23-39(24-43-15-17-45(4,5)6)34-31(35)32(28-19-25-9-10-26(18-25)20-28)38-33-30(22-37-40(33)34)27-11-12-29(36-21-27)8-7-13-41;1-3-5-4-2;3*1-3-4-2;/h13-14,23-24,28-29,31,43H,1,11-12,15-22,25-26H2,2-8H3;11-12,21-22,25-26,28,41H,9-10,13-20,23-24H2,1-6H3;1,4H2,2H3;3*1,3-4H2,2H3;/t28-,29+,31?;25-,26+,28?;;;;;. The Balaban J connectivity index is 0.000000227. The van der Waals surface area contributed by atoms with Gasteiger partial charge in [0.2, 0.25) is 0 Å². The molecule has 0 radical (unpaired) electrons. The van der Waals surface area contributed by atoms with Crippen molar-refractivity contribution in [2.75, 3.05) is 83.0 Å². The second-order valence-corrected chi connectivity index (χ2v) is 73.3. The number of aromatic nitrogens is 8. The largest absolute Gasteiger partial charge is 0.384 e. The van der Waals surface area contributed by atoms with Gasteiger partial charge in [-0.25, -0.2) is 19.9 Å². The van der Waals surface area contributed by atoms with Crippen LogP contribution in [0.1, 0.15) is 178 Å². The molecule has 4 saturated carbocycles. The Morgan fingerprint density at radius 1 is 0.527 bits per heavy atom. The second-order valence-electron chi connectivity index (χ2n) is 36.8. The zero-order chi connectivity index (χ0) is 79.8. The molecular formula is C87H139BrN10O7Si4Sn. The Morgan fingerprint density at radius 3 is 1.23 bits per heavy atom. The molecule has 4 bridgehead atoms. The average molecular weight is 1750 g/mol. The van der Waals surface area contributed by atoms with E-state index in [9.17, 15) is 0 Å². The number of unbranched alkanes of at least 4 members (excludes halogenated alkanes) is 3. The number of anilines is 2. The molecule has 0 spiro atoms. The molecule has 4 aliphatic rings. The molecule has 0 saturated heterocycles. The number of fused-ring (bicyclic) bond motifs is 6. The Labute approximate surface area is 679 Å². The van der Waals surface area contributed by atoms with E-state index in [1.807, 2.05) is 58.1 Å². The van der Waals surface area contributed by atoms with Gasteiger partial charge in [0, 0.05) is 111 Å². The van der Waals surface area contributed by atoms with Crippen LogP contribution in [0.15, 0.2) is 70.5 Å². The minimum absolute atomic E-state index is 0.190. The number of aliphatic hydroxyl groups excluding tert-OH is 2. The van der Waals surface area contributed by atoms with E-state index < -0.39 is 50.7 Å². The van der Waals surface area contributed by atoms with Crippen molar-refractivity contribution in [1.82, 2.24) is 39.2 Å². The summed E-state index contributed by atoms with van der Waals surface area (Å²) in [5.74, 6) is 16.9. The molecule has 4 fully saturated rings. The third kappa shape index (κ3) is 27.3. The van der Waals surface area contributed by atoms with E-state index in [0.29, 0.717) is 50.1 Å². The number of halogens is 1. The molecule has 17 nitrogen and oxygen atoms in total. The van der Waals surface area contributed by atoms with Crippen molar-refractivity contribution < 1.29 is 33.9 Å². The Bertz CT molecular complexity index is 3930. The fraction of sp³-hybridized carbons (Fsp3) is 0.655. The van der Waals surface area contributed by atoms with Gasteiger partial charge in [-0.1, -0.05) is 123 Å². The number of nitrogens with zero attached hydrogens (tertiary/aromatic N) is 10. The number of hydrogen-bond donors (Lipinski definition) is 2. The first-order chi connectivity index (χ1) is 52.4. The molecule has 2 N–H and O–H groups in total. The van der Waals surface area contributed by atoms with Gasteiger partial charge in [-0.3, -0.25) is 0 Å². The molecule has 6 aromatic rings. The van der Waals surface area contributed by atoms with Crippen LogP contribution >= 0.6 is 15.9 Å². The first kappa shape index (κ1) is 91.0. The molecule has 110 heavy (non-hydrogen) atoms. The van der Waals surface area contributed by atoms with Crippen molar-refractivity contribution in [3.63, 3.8) is 0 Å². The summed E-state index contributed by atoms with van der Waals surface area (Å²) in [7, 11) is -4.98. The maximum absolute atomic E-state index is 9.11. The smallest absolute Gasteiger partial charge is 0.165 e. The third-order valence-corrected chi connectivity index (χ3v) is 45.1. The van der Waals surface area contributed by atoms with Crippen LogP contribution in [0.4, 0.5) is 11.6 Å². The molecule has 10 rings (SSSR count). The quantitative estimate of drug-likeness (QED) is 0.0122. The van der Waals surface area contributed by atoms with Gasteiger partial charge in [0.1, 0.15) is 57.3 Å². The van der Waals surface area contributed by atoms with Crippen LogP contribution in [0.2, 0.25) is 116 Å². The molecule has 23 heteroatoms. The number of aliphatic hydroxyl groups is 2. The van der Waals surface area contributed by atoms with Crippen molar-refractivity contribution in [2.24, 2.45) is 23.7 Å². The number of allylic oxidation sites excluding steroid dienone is 1. The second kappa shape index (κ2) is 43.4. The van der Waals surface area contributed by atoms with Crippen molar-refractivity contribution in [1.29, 1.82) is 0 Å². The number of rotatable bonds is 39. The minimum Gasteiger partial charge on any atom is -0.384 e. The van der Waals surface area contributed by atoms with Crippen LogP contribution in [0, 0.1) is 47.4 Å².